The van der Waals surface area contributed by atoms with Crippen LogP contribution < -0.4 is 14.8 Å². The van der Waals surface area contributed by atoms with E-state index in [1.807, 2.05) is 5.32 Å². The minimum Gasteiger partial charge on any atom is -0.440 e. The van der Waals surface area contributed by atoms with Crippen LogP contribution in [0.2, 0.25) is 0 Å². The molecular weight excluding hydrogens is 667 g/mol. The van der Waals surface area contributed by atoms with Crippen LogP contribution in [-0.4, -0.2) is 42.4 Å². The van der Waals surface area contributed by atoms with Crippen LogP contribution >= 0.6 is 0 Å². The molecule has 17 heteroatoms. The van der Waals surface area contributed by atoms with Crippen molar-refractivity contribution in [1.29, 1.82) is 0 Å². The van der Waals surface area contributed by atoms with E-state index in [9.17, 15) is 30.8 Å². The Balaban J connectivity index is 1.44. The summed E-state index contributed by atoms with van der Waals surface area (Å²) in [4.78, 5) is 16.1. The van der Waals surface area contributed by atoms with Crippen LogP contribution in [0, 0.1) is 12.7 Å². The van der Waals surface area contributed by atoms with Gasteiger partial charge in [0.1, 0.15) is 22.1 Å². The average Bonchev–Trinajstić information content (AvgIpc) is 3.78. The standard InChI is InChI=1S/C31H21F5N4O7S/c1-14-38-27(28(45-14)16-5-7-23-24(10-16)47-31(35,36)46-23)19-8-15(17-9-21(32)20-13-44-48(42,43)25(20)11-17)4-6-18(19)22-12-26(39-40(22)3)30(33,34)29(41)37-2/h4-12H,13H2,1-3H3,(H,37,41). The third kappa shape index (κ3) is 5.05. The second-order valence-electron chi connectivity index (χ2n) is 10.8. The molecule has 0 saturated carbocycles. The summed E-state index contributed by atoms with van der Waals surface area (Å²) >= 11 is 0. The van der Waals surface area contributed by atoms with Crippen molar-refractivity contribution in [3.8, 4) is 56.5 Å². The summed E-state index contributed by atoms with van der Waals surface area (Å²) in [6.45, 7) is 1.06. The first-order valence-corrected chi connectivity index (χ1v) is 15.4. The van der Waals surface area contributed by atoms with Gasteiger partial charge in [0.25, 0.3) is 16.0 Å². The van der Waals surface area contributed by atoms with Crippen molar-refractivity contribution in [1.82, 2.24) is 20.1 Å². The van der Waals surface area contributed by atoms with Crippen LogP contribution in [0.4, 0.5) is 22.0 Å². The summed E-state index contributed by atoms with van der Waals surface area (Å²) in [6.07, 6.45) is -3.89. The molecule has 0 spiro atoms. The zero-order valence-corrected chi connectivity index (χ0v) is 25.7. The molecule has 5 aromatic rings. The SMILES string of the molecule is CNC(=O)C(F)(F)c1cc(-c2ccc(-c3cc(F)c4c(c3)S(=O)(=O)OC4)cc2-c2nc(C)oc2-c2ccc3c(c2)OC(F)(F)O3)n(C)n1. The lowest BCUT2D eigenvalue weighted by molar-refractivity contribution is -0.286. The topological polar surface area (TPSA) is 135 Å². The van der Waals surface area contributed by atoms with Gasteiger partial charge in [0.15, 0.2) is 23.1 Å². The number of amides is 1. The first-order valence-electron chi connectivity index (χ1n) is 14.0. The van der Waals surface area contributed by atoms with Gasteiger partial charge >= 0.3 is 12.2 Å². The van der Waals surface area contributed by atoms with Gasteiger partial charge in [-0.3, -0.25) is 13.7 Å². The van der Waals surface area contributed by atoms with E-state index in [1.165, 1.54) is 56.4 Å². The number of likely N-dealkylation sites (N-methyl/N-ethyl adjacent to an activating group) is 1. The smallest absolute Gasteiger partial charge is 0.440 e. The van der Waals surface area contributed by atoms with Crippen molar-refractivity contribution in [2.75, 3.05) is 7.05 Å². The summed E-state index contributed by atoms with van der Waals surface area (Å²) in [7, 11) is -1.77. The van der Waals surface area contributed by atoms with E-state index in [2.05, 4.69) is 19.6 Å². The second kappa shape index (κ2) is 10.6. The van der Waals surface area contributed by atoms with Gasteiger partial charge in [-0.25, -0.2) is 9.37 Å². The molecule has 11 nitrogen and oxygen atoms in total. The Kier molecular flexibility index (Phi) is 6.92. The Morgan fingerprint density at radius 1 is 0.979 bits per heavy atom. The summed E-state index contributed by atoms with van der Waals surface area (Å²) < 4.78 is 118. The van der Waals surface area contributed by atoms with Crippen molar-refractivity contribution >= 4 is 16.0 Å². The number of alkyl halides is 4. The zero-order valence-electron chi connectivity index (χ0n) is 24.9. The molecule has 0 atom stereocenters. The predicted molar refractivity (Wildman–Crippen MR) is 156 cm³/mol. The van der Waals surface area contributed by atoms with E-state index in [4.69, 9.17) is 8.60 Å². The van der Waals surface area contributed by atoms with Gasteiger partial charge in [-0.05, 0) is 53.6 Å². The summed E-state index contributed by atoms with van der Waals surface area (Å²) in [5.41, 5.74) is 0.325. The van der Waals surface area contributed by atoms with Crippen LogP contribution in [0.5, 0.6) is 11.5 Å². The molecule has 1 amide bonds. The maximum atomic E-state index is 15.1. The molecule has 2 aromatic heterocycles. The first kappa shape index (κ1) is 31.3. The monoisotopic (exact) mass is 688 g/mol. The van der Waals surface area contributed by atoms with Crippen LogP contribution in [0.25, 0.3) is 45.0 Å². The minimum absolute atomic E-state index is 0.0571. The molecule has 0 saturated heterocycles. The van der Waals surface area contributed by atoms with E-state index >= 15 is 4.39 Å². The van der Waals surface area contributed by atoms with Crippen LogP contribution in [0.3, 0.4) is 0 Å². The normalized spacial score (nSPS) is 15.8. The molecule has 0 aliphatic carbocycles. The number of nitrogens with zero attached hydrogens (tertiary/aromatic N) is 3. The van der Waals surface area contributed by atoms with Gasteiger partial charge in [0.2, 0.25) is 0 Å². The molecular formula is C31H21F5N4O7S. The largest absolute Gasteiger partial charge is 0.586 e. The fraction of sp³-hybridized carbons (Fsp3) is 0.194. The molecule has 7 rings (SSSR count). The van der Waals surface area contributed by atoms with E-state index in [1.54, 1.807) is 0 Å². The first-order chi connectivity index (χ1) is 22.6. The Labute approximate surface area is 268 Å². The number of benzene rings is 3. The molecule has 4 heterocycles. The van der Waals surface area contributed by atoms with Gasteiger partial charge in [-0.1, -0.05) is 12.1 Å². The molecule has 0 fully saturated rings. The third-order valence-corrected chi connectivity index (χ3v) is 9.11. The number of oxazole rings is 1. The van der Waals surface area contributed by atoms with E-state index in [0.29, 0.717) is 0 Å². The molecule has 2 aliphatic rings. The molecule has 0 unspecified atom stereocenters. The van der Waals surface area contributed by atoms with E-state index < -0.39 is 46.4 Å². The van der Waals surface area contributed by atoms with E-state index in [0.717, 1.165) is 23.9 Å². The molecule has 0 bridgehead atoms. The van der Waals surface area contributed by atoms with Gasteiger partial charge in [-0.15, -0.1) is 8.78 Å². The lowest BCUT2D eigenvalue weighted by atomic mass is 9.93. The number of hydrogen-bond donors (Lipinski definition) is 1. The van der Waals surface area contributed by atoms with Crippen molar-refractivity contribution < 1.29 is 53.2 Å². The molecule has 1 N–H and O–H groups in total. The summed E-state index contributed by atoms with van der Waals surface area (Å²) in [5, 5.41) is 5.78. The molecule has 3 aromatic carbocycles. The number of nitrogens with one attached hydrogen (secondary N) is 1. The highest BCUT2D eigenvalue weighted by Gasteiger charge is 2.44. The number of hydrogen-bond acceptors (Lipinski definition) is 9. The summed E-state index contributed by atoms with van der Waals surface area (Å²) in [5.74, 6) is -6.72. The highest BCUT2D eigenvalue weighted by Crippen LogP contribution is 2.46. The number of aryl methyl sites for hydroxylation is 2. The van der Waals surface area contributed by atoms with Crippen LogP contribution in [0.15, 0.2) is 63.9 Å². The molecule has 2 aliphatic heterocycles. The predicted octanol–water partition coefficient (Wildman–Crippen LogP) is 5.90. The highest BCUT2D eigenvalue weighted by atomic mass is 32.2. The van der Waals surface area contributed by atoms with E-state index in [-0.39, 0.29) is 72.8 Å². The number of ether oxygens (including phenoxy) is 2. The molecule has 248 valence electrons. The number of carbonyl (C=O) groups is 1. The van der Waals surface area contributed by atoms with Gasteiger partial charge in [0, 0.05) is 43.3 Å². The molecule has 48 heavy (non-hydrogen) atoms. The fourth-order valence-corrected chi connectivity index (χ4v) is 6.66. The number of halogens is 5. The average molecular weight is 689 g/mol. The van der Waals surface area contributed by atoms with Crippen LogP contribution in [0.1, 0.15) is 17.1 Å². The lowest BCUT2D eigenvalue weighted by Gasteiger charge is -2.13. The number of rotatable bonds is 6. The Morgan fingerprint density at radius 3 is 2.46 bits per heavy atom. The van der Waals surface area contributed by atoms with Crippen molar-refractivity contribution in [3.05, 3.63) is 77.6 Å². The van der Waals surface area contributed by atoms with Gasteiger partial charge < -0.3 is 19.2 Å². The Hall–Kier alpha value is -5.29. The lowest BCUT2D eigenvalue weighted by Crippen LogP contribution is -2.36. The zero-order chi connectivity index (χ0) is 34.3. The number of fused-ring (bicyclic) bond motifs is 2. The fourth-order valence-electron chi connectivity index (χ4n) is 5.53. The Morgan fingerprint density at radius 2 is 1.71 bits per heavy atom. The maximum absolute atomic E-state index is 15.1. The number of aromatic nitrogens is 3. The minimum atomic E-state index is -4.21. The third-order valence-electron chi connectivity index (χ3n) is 7.78. The Bertz CT molecular complexity index is 2280. The van der Waals surface area contributed by atoms with Crippen molar-refractivity contribution in [2.24, 2.45) is 7.05 Å². The maximum Gasteiger partial charge on any atom is 0.586 e. The highest BCUT2D eigenvalue weighted by molar-refractivity contribution is 7.87. The van der Waals surface area contributed by atoms with Gasteiger partial charge in [0.05, 0.1) is 12.3 Å². The number of carbonyl (C=O) groups excluding carboxylic acids is 1. The summed E-state index contributed by atoms with van der Waals surface area (Å²) in [6, 6.07) is 11.8. The van der Waals surface area contributed by atoms with Gasteiger partial charge in [-0.2, -0.15) is 22.3 Å². The molecule has 0 radical (unpaired) electrons. The second-order valence-corrected chi connectivity index (χ2v) is 12.4. The van der Waals surface area contributed by atoms with Crippen molar-refractivity contribution in [3.63, 3.8) is 0 Å². The van der Waals surface area contributed by atoms with Crippen LogP contribution in [-0.2, 0) is 38.7 Å². The van der Waals surface area contributed by atoms with Crippen molar-refractivity contribution in [2.45, 2.75) is 30.6 Å². The quantitative estimate of drug-likeness (QED) is 0.171.